The Bertz CT molecular complexity index is 895. The van der Waals surface area contributed by atoms with Crippen molar-refractivity contribution in [1.29, 1.82) is 0 Å². The Morgan fingerprint density at radius 3 is 2.96 bits per heavy atom. The van der Waals surface area contributed by atoms with Crippen LogP contribution in [0, 0.1) is 0 Å². The molecule has 2 aliphatic heterocycles. The van der Waals surface area contributed by atoms with Crippen LogP contribution in [0.3, 0.4) is 0 Å². The van der Waals surface area contributed by atoms with Crippen molar-refractivity contribution >= 4 is 24.2 Å². The van der Waals surface area contributed by atoms with Crippen LogP contribution in [0.5, 0.6) is 0 Å². The van der Waals surface area contributed by atoms with Crippen LogP contribution in [0.2, 0.25) is 0 Å². The van der Waals surface area contributed by atoms with Gasteiger partial charge in [-0.3, -0.25) is 4.99 Å². The fourth-order valence-electron chi connectivity index (χ4n) is 2.95. The Kier molecular flexibility index (Phi) is 3.42. The molecular formula is C16H13N7O. The number of H-pyrrole nitrogens is 1. The summed E-state index contributed by atoms with van der Waals surface area (Å²) in [6.07, 6.45) is 8.50. The minimum Gasteiger partial charge on any atom is -0.269 e. The Morgan fingerprint density at radius 2 is 2.25 bits per heavy atom. The number of urea groups is 1. The van der Waals surface area contributed by atoms with E-state index in [1.54, 1.807) is 6.20 Å². The van der Waals surface area contributed by atoms with Crippen molar-refractivity contribution in [2.45, 2.75) is 18.3 Å². The number of rotatable bonds is 4. The molecule has 1 aromatic heterocycles. The number of carbonyl (C=O) groups is 1. The van der Waals surface area contributed by atoms with Gasteiger partial charge in [-0.2, -0.15) is 15.2 Å². The summed E-state index contributed by atoms with van der Waals surface area (Å²) in [5, 5.41) is 14.1. The molecule has 3 heterocycles. The van der Waals surface area contributed by atoms with E-state index in [1.807, 2.05) is 36.6 Å². The number of tetrazole rings is 1. The summed E-state index contributed by atoms with van der Waals surface area (Å²) < 4.78 is 0. The lowest BCUT2D eigenvalue weighted by Crippen LogP contribution is -2.29. The quantitative estimate of drug-likeness (QED) is 0.931. The third-order valence-corrected chi connectivity index (χ3v) is 4.14. The number of aromatic nitrogens is 4. The largest absolute Gasteiger partial charge is 0.367 e. The smallest absolute Gasteiger partial charge is 0.269 e. The Balaban J connectivity index is 1.74. The predicted octanol–water partition coefficient (Wildman–Crippen LogP) is 2.13. The number of allylic oxidation sites excluding steroid dienone is 1. The van der Waals surface area contributed by atoms with E-state index in [-0.39, 0.29) is 5.41 Å². The molecule has 0 fully saturated rings. The maximum absolute atomic E-state index is 11.3. The van der Waals surface area contributed by atoms with Crippen molar-refractivity contribution in [3.05, 3.63) is 42.1 Å². The molecule has 1 aromatic carbocycles. The van der Waals surface area contributed by atoms with E-state index in [4.69, 9.17) is 0 Å². The standard InChI is InChI=1S/C16H13N7O/c24-15-18-10-13(19-15)9-16(4-6-17-7-5-16)12-3-1-2-11(8-12)14-20-22-23-21-14/h1-4,6-8,10H,5,9H2,(H,20,21,22,23). The van der Waals surface area contributed by atoms with E-state index < -0.39 is 6.03 Å². The number of hydrogen-bond donors (Lipinski definition) is 1. The van der Waals surface area contributed by atoms with E-state index in [9.17, 15) is 4.79 Å². The van der Waals surface area contributed by atoms with Crippen molar-refractivity contribution in [2.75, 3.05) is 0 Å². The summed E-state index contributed by atoms with van der Waals surface area (Å²) in [5.41, 5.74) is 2.28. The first-order chi connectivity index (χ1) is 11.8. The number of benzene rings is 1. The lowest BCUT2D eigenvalue weighted by Gasteiger charge is -2.31. The van der Waals surface area contributed by atoms with Gasteiger partial charge in [0.25, 0.3) is 0 Å². The third kappa shape index (κ3) is 2.58. The van der Waals surface area contributed by atoms with Gasteiger partial charge in [-0.1, -0.05) is 24.3 Å². The van der Waals surface area contributed by atoms with Gasteiger partial charge < -0.3 is 0 Å². The van der Waals surface area contributed by atoms with Crippen LogP contribution in [0.4, 0.5) is 4.79 Å². The van der Waals surface area contributed by atoms with Crippen molar-refractivity contribution < 1.29 is 4.79 Å². The summed E-state index contributed by atoms with van der Waals surface area (Å²) in [7, 11) is 0. The van der Waals surface area contributed by atoms with Crippen molar-refractivity contribution in [3.63, 3.8) is 0 Å². The molecular weight excluding hydrogens is 306 g/mol. The van der Waals surface area contributed by atoms with Crippen LogP contribution >= 0.6 is 0 Å². The monoisotopic (exact) mass is 319 g/mol. The molecule has 0 radical (unpaired) electrons. The maximum atomic E-state index is 11.3. The van der Waals surface area contributed by atoms with Crippen molar-refractivity contribution in [1.82, 2.24) is 20.6 Å². The summed E-state index contributed by atoms with van der Waals surface area (Å²) in [5.74, 6) is 0.537. The number of amides is 2. The van der Waals surface area contributed by atoms with Crippen LogP contribution in [0.15, 0.2) is 51.5 Å². The molecule has 1 unspecified atom stereocenters. The van der Waals surface area contributed by atoms with Crippen LogP contribution in [-0.4, -0.2) is 44.8 Å². The first-order valence-electron chi connectivity index (χ1n) is 7.44. The molecule has 24 heavy (non-hydrogen) atoms. The summed E-state index contributed by atoms with van der Waals surface area (Å²) in [6, 6.07) is 7.51. The Labute approximate surface area is 137 Å². The van der Waals surface area contributed by atoms with Gasteiger partial charge in [0.15, 0.2) is 0 Å². The second-order valence-corrected chi connectivity index (χ2v) is 5.64. The zero-order valence-corrected chi connectivity index (χ0v) is 12.6. The zero-order chi connectivity index (χ0) is 16.4. The summed E-state index contributed by atoms with van der Waals surface area (Å²) in [6.45, 7) is 0. The van der Waals surface area contributed by atoms with Gasteiger partial charge in [-0.25, -0.2) is 4.79 Å². The highest BCUT2D eigenvalue weighted by Gasteiger charge is 2.33. The second kappa shape index (κ2) is 5.73. The van der Waals surface area contributed by atoms with Crippen LogP contribution in [-0.2, 0) is 5.41 Å². The number of carbonyl (C=O) groups excluding carboxylic acids is 1. The van der Waals surface area contributed by atoms with Gasteiger partial charge >= 0.3 is 6.03 Å². The average Bonchev–Trinajstić information content (AvgIpc) is 3.28. The molecule has 2 aliphatic rings. The molecule has 1 N–H and O–H groups in total. The van der Waals surface area contributed by atoms with Crippen molar-refractivity contribution in [3.8, 4) is 11.4 Å². The Morgan fingerprint density at radius 1 is 1.29 bits per heavy atom. The molecule has 2 amide bonds. The lowest BCUT2D eigenvalue weighted by molar-refractivity contribution is 0.257. The molecule has 1 atom stereocenters. The first-order valence-corrected chi connectivity index (χ1v) is 7.44. The second-order valence-electron chi connectivity index (χ2n) is 5.64. The third-order valence-electron chi connectivity index (χ3n) is 4.14. The minimum atomic E-state index is -0.450. The maximum Gasteiger partial charge on any atom is 0.367 e. The highest BCUT2D eigenvalue weighted by molar-refractivity contribution is 6.37. The summed E-state index contributed by atoms with van der Waals surface area (Å²) in [4.78, 5) is 23.1. The van der Waals surface area contributed by atoms with Gasteiger partial charge in [-0.05, 0) is 23.3 Å². The molecule has 8 heteroatoms. The zero-order valence-electron chi connectivity index (χ0n) is 12.6. The topological polar surface area (TPSA) is 109 Å². The van der Waals surface area contributed by atoms with Gasteiger partial charge in [0.1, 0.15) is 0 Å². The molecule has 0 saturated carbocycles. The van der Waals surface area contributed by atoms with Gasteiger partial charge in [0.05, 0.1) is 11.9 Å². The van der Waals surface area contributed by atoms with Crippen LogP contribution in [0.25, 0.3) is 11.4 Å². The highest BCUT2D eigenvalue weighted by atomic mass is 16.2. The van der Waals surface area contributed by atoms with Gasteiger partial charge in [0.2, 0.25) is 5.82 Å². The molecule has 0 aliphatic carbocycles. The number of aliphatic imine (C=N–C) groups is 3. The molecule has 4 rings (SSSR count). The first kappa shape index (κ1) is 14.3. The van der Waals surface area contributed by atoms with E-state index >= 15 is 0 Å². The SMILES string of the molecule is O=C1N=CC(CC2(c3cccc(-c4nn[nH]n4)c3)C=CN=CC2)=N1. The summed E-state index contributed by atoms with van der Waals surface area (Å²) >= 11 is 0. The van der Waals surface area contributed by atoms with Crippen LogP contribution < -0.4 is 0 Å². The number of aromatic amines is 1. The molecule has 0 saturated heterocycles. The van der Waals surface area contributed by atoms with E-state index in [1.165, 1.54) is 6.21 Å². The molecule has 2 aromatic rings. The normalized spacial score (nSPS) is 22.2. The Hall–Kier alpha value is -3.29. The van der Waals surface area contributed by atoms with E-state index in [0.717, 1.165) is 11.1 Å². The number of hydrogen-bond acceptors (Lipinski definition) is 5. The molecule has 0 spiro atoms. The molecule has 8 nitrogen and oxygen atoms in total. The highest BCUT2D eigenvalue weighted by Crippen LogP contribution is 2.36. The van der Waals surface area contributed by atoms with Crippen LogP contribution in [0.1, 0.15) is 18.4 Å². The lowest BCUT2D eigenvalue weighted by atomic mass is 9.73. The fourth-order valence-corrected chi connectivity index (χ4v) is 2.95. The minimum absolute atomic E-state index is 0.336. The van der Waals surface area contributed by atoms with Crippen molar-refractivity contribution in [2.24, 2.45) is 15.0 Å². The molecule has 118 valence electrons. The van der Waals surface area contributed by atoms with Gasteiger partial charge in [-0.15, -0.1) is 10.2 Å². The average molecular weight is 319 g/mol. The van der Waals surface area contributed by atoms with Gasteiger partial charge in [0, 0.05) is 29.8 Å². The predicted molar refractivity (Wildman–Crippen MR) is 89.5 cm³/mol. The van der Waals surface area contributed by atoms with E-state index in [2.05, 4.69) is 35.6 Å². The number of nitrogens with zero attached hydrogens (tertiary/aromatic N) is 6. The van der Waals surface area contributed by atoms with E-state index in [0.29, 0.717) is 24.4 Å². The fraction of sp³-hybridized carbons (Fsp3) is 0.188. The molecule has 0 bridgehead atoms. The number of nitrogens with one attached hydrogen (secondary N) is 1.